The molecule has 0 bridgehead atoms. The molecule has 1 amide bonds. The molecule has 22 heavy (non-hydrogen) atoms. The van der Waals surface area contributed by atoms with E-state index in [0.29, 0.717) is 11.4 Å². The Morgan fingerprint density at radius 3 is 2.55 bits per heavy atom. The van der Waals surface area contributed by atoms with Crippen LogP contribution in [0.25, 0.3) is 0 Å². The summed E-state index contributed by atoms with van der Waals surface area (Å²) in [7, 11) is 0. The van der Waals surface area contributed by atoms with Crippen LogP contribution >= 0.6 is 23.4 Å². The van der Waals surface area contributed by atoms with E-state index in [2.05, 4.69) is 12.2 Å². The van der Waals surface area contributed by atoms with Crippen LogP contribution in [0.4, 0.5) is 0 Å². The number of thioether (sulfide) groups is 1. The van der Waals surface area contributed by atoms with Crippen LogP contribution in [-0.4, -0.2) is 28.5 Å². The molecule has 0 saturated heterocycles. The summed E-state index contributed by atoms with van der Waals surface area (Å²) in [5, 5.41) is 12.4. The predicted octanol–water partition coefficient (Wildman–Crippen LogP) is 3.90. The number of hydrogen-bond acceptors (Lipinski definition) is 3. The monoisotopic (exact) mass is 343 g/mol. The van der Waals surface area contributed by atoms with E-state index in [1.54, 1.807) is 36.0 Å². The molecule has 2 N–H and O–H groups in total. The highest BCUT2D eigenvalue weighted by atomic mass is 35.5. The number of carbonyl (C=O) groups excluding carboxylic acids is 1. The van der Waals surface area contributed by atoms with Gasteiger partial charge in [0.15, 0.2) is 0 Å². The van der Waals surface area contributed by atoms with Gasteiger partial charge < -0.3 is 10.4 Å². The second-order valence-electron chi connectivity index (χ2n) is 4.99. The van der Waals surface area contributed by atoms with Gasteiger partial charge in [-0.05, 0) is 29.9 Å². The second kappa shape index (κ2) is 10.5. The Hall–Kier alpha value is -1.20. The first-order chi connectivity index (χ1) is 10.5. The molecule has 1 aromatic carbocycles. The lowest BCUT2D eigenvalue weighted by molar-refractivity contribution is -0.137. The van der Waals surface area contributed by atoms with Crippen LogP contribution in [0.15, 0.2) is 24.3 Å². The standard InChI is InChI=1S/C16H22ClNO3S/c1-2-3-9-22-10-8-15(19)18-14(11-16(20)21)12-4-6-13(17)7-5-12/h4-7,14H,2-3,8-11H2,1H3,(H,18,19)(H,20,21)/t14-/m0/s1. The number of halogens is 1. The number of amides is 1. The fraction of sp³-hybridized carbons (Fsp3) is 0.500. The summed E-state index contributed by atoms with van der Waals surface area (Å²) in [6, 6.07) is 6.35. The van der Waals surface area contributed by atoms with Crippen LogP contribution in [0, 0.1) is 0 Å². The number of carboxylic acid groups (broad SMARTS) is 1. The average molecular weight is 344 g/mol. The highest BCUT2D eigenvalue weighted by molar-refractivity contribution is 7.99. The first kappa shape index (κ1) is 18.8. The third-order valence-corrected chi connectivity index (χ3v) is 4.42. The van der Waals surface area contributed by atoms with E-state index in [9.17, 15) is 9.59 Å². The Labute approximate surface area is 140 Å². The summed E-state index contributed by atoms with van der Waals surface area (Å²) >= 11 is 7.58. The lowest BCUT2D eigenvalue weighted by Crippen LogP contribution is -2.30. The van der Waals surface area contributed by atoms with Crippen molar-refractivity contribution >= 4 is 35.2 Å². The van der Waals surface area contributed by atoms with E-state index < -0.39 is 12.0 Å². The van der Waals surface area contributed by atoms with E-state index in [1.807, 2.05) is 0 Å². The zero-order valence-electron chi connectivity index (χ0n) is 12.7. The Kier molecular flexibility index (Phi) is 9.01. The van der Waals surface area contributed by atoms with Gasteiger partial charge >= 0.3 is 5.97 Å². The third kappa shape index (κ3) is 7.71. The fourth-order valence-corrected chi connectivity index (χ4v) is 3.05. The van der Waals surface area contributed by atoms with Crippen LogP contribution in [0.5, 0.6) is 0 Å². The van der Waals surface area contributed by atoms with E-state index in [0.717, 1.165) is 29.9 Å². The van der Waals surface area contributed by atoms with Crippen molar-refractivity contribution in [3.05, 3.63) is 34.9 Å². The van der Waals surface area contributed by atoms with Crippen LogP contribution in [0.2, 0.25) is 5.02 Å². The highest BCUT2D eigenvalue weighted by Gasteiger charge is 2.17. The van der Waals surface area contributed by atoms with Crippen molar-refractivity contribution in [1.29, 1.82) is 0 Å². The molecule has 1 rings (SSSR count). The Morgan fingerprint density at radius 1 is 1.27 bits per heavy atom. The van der Waals surface area contributed by atoms with Gasteiger partial charge in [-0.1, -0.05) is 37.1 Å². The Balaban J connectivity index is 2.52. The first-order valence-corrected chi connectivity index (χ1v) is 8.90. The molecule has 0 aliphatic heterocycles. The minimum atomic E-state index is -0.947. The first-order valence-electron chi connectivity index (χ1n) is 7.37. The van der Waals surface area contributed by atoms with Gasteiger partial charge in [0.05, 0.1) is 12.5 Å². The number of nitrogens with one attached hydrogen (secondary N) is 1. The zero-order chi connectivity index (χ0) is 16.4. The third-order valence-electron chi connectivity index (χ3n) is 3.10. The number of unbranched alkanes of at least 4 members (excludes halogenated alkanes) is 1. The van der Waals surface area contributed by atoms with E-state index >= 15 is 0 Å². The van der Waals surface area contributed by atoms with Crippen molar-refractivity contribution < 1.29 is 14.7 Å². The summed E-state index contributed by atoms with van der Waals surface area (Å²) < 4.78 is 0. The summed E-state index contributed by atoms with van der Waals surface area (Å²) in [5.41, 5.74) is 0.749. The fourth-order valence-electron chi connectivity index (χ4n) is 1.90. The molecule has 0 fully saturated rings. The SMILES string of the molecule is CCCCSCCC(=O)N[C@@H](CC(=O)O)c1ccc(Cl)cc1. The van der Waals surface area contributed by atoms with Gasteiger partial charge in [-0.15, -0.1) is 0 Å². The van der Waals surface area contributed by atoms with Crippen molar-refractivity contribution in [1.82, 2.24) is 5.32 Å². The maximum absolute atomic E-state index is 12.0. The molecule has 0 unspecified atom stereocenters. The molecule has 122 valence electrons. The summed E-state index contributed by atoms with van der Waals surface area (Å²) in [6.45, 7) is 2.13. The maximum Gasteiger partial charge on any atom is 0.305 e. The Morgan fingerprint density at radius 2 is 1.95 bits per heavy atom. The maximum atomic E-state index is 12.0. The minimum absolute atomic E-state index is 0.120. The normalized spacial score (nSPS) is 11.9. The molecule has 0 aliphatic rings. The van der Waals surface area contributed by atoms with Crippen LogP contribution in [0.3, 0.4) is 0 Å². The average Bonchev–Trinajstić information content (AvgIpc) is 2.46. The molecule has 0 heterocycles. The molecular weight excluding hydrogens is 322 g/mol. The number of carboxylic acids is 1. The number of benzene rings is 1. The van der Waals surface area contributed by atoms with Gasteiger partial charge in [-0.25, -0.2) is 0 Å². The van der Waals surface area contributed by atoms with Crippen LogP contribution in [0.1, 0.15) is 44.2 Å². The minimum Gasteiger partial charge on any atom is -0.481 e. The molecule has 4 nitrogen and oxygen atoms in total. The van der Waals surface area contributed by atoms with Gasteiger partial charge in [-0.2, -0.15) is 11.8 Å². The molecule has 0 saturated carbocycles. The van der Waals surface area contributed by atoms with Crippen molar-refractivity contribution in [2.45, 2.75) is 38.6 Å². The summed E-state index contributed by atoms with van der Waals surface area (Å²) in [5.74, 6) is 0.744. The number of hydrogen-bond donors (Lipinski definition) is 2. The molecule has 0 aliphatic carbocycles. The number of rotatable bonds is 10. The molecule has 0 aromatic heterocycles. The van der Waals surface area contributed by atoms with Crippen molar-refractivity contribution in [3.63, 3.8) is 0 Å². The molecule has 1 atom stereocenters. The zero-order valence-corrected chi connectivity index (χ0v) is 14.3. The quantitative estimate of drug-likeness (QED) is 0.632. The molecule has 1 aromatic rings. The molecule has 6 heteroatoms. The van der Waals surface area contributed by atoms with Crippen LogP contribution < -0.4 is 5.32 Å². The van der Waals surface area contributed by atoms with Crippen molar-refractivity contribution in [3.8, 4) is 0 Å². The molecule has 0 radical (unpaired) electrons. The van der Waals surface area contributed by atoms with E-state index in [1.165, 1.54) is 0 Å². The summed E-state index contributed by atoms with van der Waals surface area (Å²) in [6.07, 6.45) is 2.56. The summed E-state index contributed by atoms with van der Waals surface area (Å²) in [4.78, 5) is 22.9. The predicted molar refractivity (Wildman–Crippen MR) is 91.4 cm³/mol. The Bertz CT molecular complexity index is 479. The molecular formula is C16H22ClNO3S. The van der Waals surface area contributed by atoms with Gasteiger partial charge in [0.2, 0.25) is 5.91 Å². The highest BCUT2D eigenvalue weighted by Crippen LogP contribution is 2.20. The van der Waals surface area contributed by atoms with Gasteiger partial charge in [0, 0.05) is 17.2 Å². The lowest BCUT2D eigenvalue weighted by atomic mass is 10.0. The van der Waals surface area contributed by atoms with Gasteiger partial charge in [0.25, 0.3) is 0 Å². The smallest absolute Gasteiger partial charge is 0.305 e. The van der Waals surface area contributed by atoms with Crippen molar-refractivity contribution in [2.24, 2.45) is 0 Å². The number of aliphatic carboxylic acids is 1. The lowest BCUT2D eigenvalue weighted by Gasteiger charge is -2.17. The van der Waals surface area contributed by atoms with E-state index in [4.69, 9.17) is 16.7 Å². The second-order valence-corrected chi connectivity index (χ2v) is 6.65. The van der Waals surface area contributed by atoms with E-state index in [-0.39, 0.29) is 12.3 Å². The van der Waals surface area contributed by atoms with Gasteiger partial charge in [0.1, 0.15) is 0 Å². The molecule has 0 spiro atoms. The largest absolute Gasteiger partial charge is 0.481 e. The van der Waals surface area contributed by atoms with Gasteiger partial charge in [-0.3, -0.25) is 9.59 Å². The van der Waals surface area contributed by atoms with Crippen LogP contribution in [-0.2, 0) is 9.59 Å². The van der Waals surface area contributed by atoms with Crippen molar-refractivity contribution in [2.75, 3.05) is 11.5 Å². The topological polar surface area (TPSA) is 66.4 Å². The number of carbonyl (C=O) groups is 2.